The van der Waals surface area contributed by atoms with Gasteiger partial charge in [0, 0.05) is 11.3 Å². The van der Waals surface area contributed by atoms with E-state index in [1.165, 1.54) is 5.56 Å². The minimum atomic E-state index is 0.779. The summed E-state index contributed by atoms with van der Waals surface area (Å²) >= 11 is 0. The summed E-state index contributed by atoms with van der Waals surface area (Å²) in [5.74, 6) is 0.877. The number of aryl methyl sites for hydroxylation is 2. The molecule has 0 spiro atoms. The number of benzene rings is 1. The molecule has 0 aliphatic carbocycles. The lowest BCUT2D eigenvalue weighted by atomic mass is 10.1. The summed E-state index contributed by atoms with van der Waals surface area (Å²) in [5, 5.41) is 0. The lowest BCUT2D eigenvalue weighted by Gasteiger charge is -1.97. The average Bonchev–Trinajstić information content (AvgIpc) is 2.72. The third-order valence-electron chi connectivity index (χ3n) is 2.78. The van der Waals surface area contributed by atoms with Crippen molar-refractivity contribution >= 4 is 11.2 Å². The summed E-state index contributed by atoms with van der Waals surface area (Å²) in [6.45, 7) is 4.05. The van der Waals surface area contributed by atoms with Gasteiger partial charge in [0.2, 0.25) is 0 Å². The van der Waals surface area contributed by atoms with Crippen LogP contribution in [0.1, 0.15) is 11.3 Å². The molecule has 0 bridgehead atoms. The van der Waals surface area contributed by atoms with Crippen molar-refractivity contribution in [3.63, 3.8) is 0 Å². The van der Waals surface area contributed by atoms with Gasteiger partial charge in [-0.05, 0) is 32.0 Å². The first-order valence-electron chi connectivity index (χ1n) is 5.63. The Morgan fingerprint density at radius 3 is 2.71 bits per heavy atom. The molecule has 2 heterocycles. The topological polar surface area (TPSA) is 41.6 Å². The fourth-order valence-electron chi connectivity index (χ4n) is 1.92. The molecule has 84 valence electrons. The van der Waals surface area contributed by atoms with Gasteiger partial charge < -0.3 is 4.98 Å². The molecule has 0 saturated carbocycles. The van der Waals surface area contributed by atoms with Gasteiger partial charge in [0.25, 0.3) is 0 Å². The lowest BCUT2D eigenvalue weighted by molar-refractivity contribution is 1.22. The average molecular weight is 223 g/mol. The van der Waals surface area contributed by atoms with Gasteiger partial charge in [-0.2, -0.15) is 0 Å². The second-order valence-corrected chi connectivity index (χ2v) is 4.28. The van der Waals surface area contributed by atoms with E-state index in [2.05, 4.69) is 40.1 Å². The zero-order chi connectivity index (χ0) is 11.8. The van der Waals surface area contributed by atoms with Crippen LogP contribution in [0.25, 0.3) is 22.6 Å². The molecule has 3 rings (SSSR count). The minimum Gasteiger partial charge on any atom is -0.337 e. The second kappa shape index (κ2) is 3.70. The predicted molar refractivity (Wildman–Crippen MR) is 68.8 cm³/mol. The maximum absolute atomic E-state index is 4.52. The lowest BCUT2D eigenvalue weighted by Crippen LogP contribution is -1.81. The van der Waals surface area contributed by atoms with Crippen LogP contribution >= 0.6 is 0 Å². The summed E-state index contributed by atoms with van der Waals surface area (Å²) in [4.78, 5) is 12.2. The standard InChI is InChI=1S/C14H13N3/c1-9-4-3-5-11(8-9)13-16-12-7-6-10(2)15-14(12)17-13/h3-8H,1-2H3,(H,15,16,17). The summed E-state index contributed by atoms with van der Waals surface area (Å²) in [6.07, 6.45) is 0. The summed E-state index contributed by atoms with van der Waals surface area (Å²) in [6, 6.07) is 12.3. The van der Waals surface area contributed by atoms with E-state index < -0.39 is 0 Å². The second-order valence-electron chi connectivity index (χ2n) is 4.28. The Morgan fingerprint density at radius 1 is 1.00 bits per heavy atom. The van der Waals surface area contributed by atoms with Crippen molar-refractivity contribution in [1.82, 2.24) is 15.0 Å². The summed E-state index contributed by atoms with van der Waals surface area (Å²) in [5.41, 5.74) is 5.07. The van der Waals surface area contributed by atoms with E-state index in [0.717, 1.165) is 28.2 Å². The maximum atomic E-state index is 4.52. The van der Waals surface area contributed by atoms with Crippen molar-refractivity contribution in [3.05, 3.63) is 47.7 Å². The molecule has 17 heavy (non-hydrogen) atoms. The van der Waals surface area contributed by atoms with E-state index in [0.29, 0.717) is 0 Å². The Labute approximate surface area is 99.5 Å². The Bertz CT molecular complexity index is 683. The molecule has 0 fully saturated rings. The first-order valence-corrected chi connectivity index (χ1v) is 5.63. The summed E-state index contributed by atoms with van der Waals surface area (Å²) < 4.78 is 0. The van der Waals surface area contributed by atoms with Crippen LogP contribution in [0.2, 0.25) is 0 Å². The van der Waals surface area contributed by atoms with E-state index in [1.807, 2.05) is 25.1 Å². The van der Waals surface area contributed by atoms with Gasteiger partial charge in [-0.1, -0.05) is 23.8 Å². The molecule has 0 radical (unpaired) electrons. The smallest absolute Gasteiger partial charge is 0.178 e. The molecule has 2 aromatic heterocycles. The number of H-pyrrole nitrogens is 1. The Hall–Kier alpha value is -2.16. The highest BCUT2D eigenvalue weighted by Gasteiger charge is 2.06. The number of hydrogen-bond donors (Lipinski definition) is 1. The molecular weight excluding hydrogens is 210 g/mol. The van der Waals surface area contributed by atoms with E-state index in [4.69, 9.17) is 0 Å². The SMILES string of the molecule is Cc1cccc(-c2nc3nc(C)ccc3[nH]2)c1. The molecule has 0 atom stereocenters. The number of imidazole rings is 1. The van der Waals surface area contributed by atoms with Crippen molar-refractivity contribution in [2.45, 2.75) is 13.8 Å². The van der Waals surface area contributed by atoms with Crippen molar-refractivity contribution in [3.8, 4) is 11.4 Å². The van der Waals surface area contributed by atoms with E-state index >= 15 is 0 Å². The van der Waals surface area contributed by atoms with Crippen LogP contribution in [0, 0.1) is 13.8 Å². The zero-order valence-electron chi connectivity index (χ0n) is 9.86. The molecule has 3 nitrogen and oxygen atoms in total. The molecule has 0 unspecified atom stereocenters. The fourth-order valence-corrected chi connectivity index (χ4v) is 1.92. The van der Waals surface area contributed by atoms with Crippen LogP contribution in [0.3, 0.4) is 0 Å². The number of rotatable bonds is 1. The van der Waals surface area contributed by atoms with Crippen molar-refractivity contribution < 1.29 is 0 Å². The maximum Gasteiger partial charge on any atom is 0.178 e. The van der Waals surface area contributed by atoms with Gasteiger partial charge in [-0.3, -0.25) is 0 Å². The van der Waals surface area contributed by atoms with Crippen molar-refractivity contribution in [2.75, 3.05) is 0 Å². The molecule has 0 aliphatic heterocycles. The molecule has 0 aliphatic rings. The highest BCUT2D eigenvalue weighted by atomic mass is 15.0. The zero-order valence-corrected chi connectivity index (χ0v) is 9.86. The van der Waals surface area contributed by atoms with Gasteiger partial charge in [0.15, 0.2) is 5.65 Å². The number of fused-ring (bicyclic) bond motifs is 1. The Kier molecular flexibility index (Phi) is 2.18. The number of nitrogens with one attached hydrogen (secondary N) is 1. The Balaban J connectivity index is 2.18. The molecular formula is C14H13N3. The van der Waals surface area contributed by atoms with E-state index in [-0.39, 0.29) is 0 Å². The quantitative estimate of drug-likeness (QED) is 0.688. The molecule has 1 aromatic carbocycles. The molecule has 3 heteroatoms. The monoisotopic (exact) mass is 223 g/mol. The van der Waals surface area contributed by atoms with Crippen LogP contribution < -0.4 is 0 Å². The third-order valence-corrected chi connectivity index (χ3v) is 2.78. The molecule has 3 aromatic rings. The highest BCUT2D eigenvalue weighted by molar-refractivity contribution is 5.76. The number of pyridine rings is 1. The third kappa shape index (κ3) is 1.80. The van der Waals surface area contributed by atoms with Crippen LogP contribution in [0.5, 0.6) is 0 Å². The number of aromatic nitrogens is 3. The van der Waals surface area contributed by atoms with Gasteiger partial charge in [0.1, 0.15) is 5.82 Å². The van der Waals surface area contributed by atoms with Gasteiger partial charge in [0.05, 0.1) is 5.52 Å². The minimum absolute atomic E-state index is 0.779. The van der Waals surface area contributed by atoms with Crippen LogP contribution in [-0.4, -0.2) is 15.0 Å². The molecule has 0 saturated heterocycles. The fraction of sp³-hybridized carbons (Fsp3) is 0.143. The Morgan fingerprint density at radius 2 is 1.88 bits per heavy atom. The first kappa shape index (κ1) is 10.0. The molecule has 0 amide bonds. The highest BCUT2D eigenvalue weighted by Crippen LogP contribution is 2.20. The van der Waals surface area contributed by atoms with Crippen LogP contribution in [0.4, 0.5) is 0 Å². The number of hydrogen-bond acceptors (Lipinski definition) is 2. The summed E-state index contributed by atoms with van der Waals surface area (Å²) in [7, 11) is 0. The van der Waals surface area contributed by atoms with Crippen molar-refractivity contribution in [1.29, 1.82) is 0 Å². The normalized spacial score (nSPS) is 10.9. The first-order chi connectivity index (χ1) is 8.22. The number of nitrogens with zero attached hydrogens (tertiary/aromatic N) is 2. The predicted octanol–water partition coefficient (Wildman–Crippen LogP) is 3.24. The van der Waals surface area contributed by atoms with Gasteiger partial charge >= 0.3 is 0 Å². The van der Waals surface area contributed by atoms with Crippen LogP contribution in [-0.2, 0) is 0 Å². The van der Waals surface area contributed by atoms with Gasteiger partial charge in [-0.25, -0.2) is 9.97 Å². The largest absolute Gasteiger partial charge is 0.337 e. The van der Waals surface area contributed by atoms with E-state index in [9.17, 15) is 0 Å². The molecule has 1 N–H and O–H groups in total. The van der Waals surface area contributed by atoms with Gasteiger partial charge in [-0.15, -0.1) is 0 Å². The van der Waals surface area contributed by atoms with Crippen LogP contribution in [0.15, 0.2) is 36.4 Å². The van der Waals surface area contributed by atoms with E-state index in [1.54, 1.807) is 0 Å². The van der Waals surface area contributed by atoms with Crippen molar-refractivity contribution in [2.24, 2.45) is 0 Å². The number of aromatic amines is 1.